The van der Waals surface area contributed by atoms with Crippen LogP contribution in [0, 0.1) is 17.8 Å². The van der Waals surface area contributed by atoms with Crippen LogP contribution < -0.4 is 80.4 Å². The lowest BCUT2D eigenvalue weighted by atomic mass is 10.0. The highest BCUT2D eigenvalue weighted by Crippen LogP contribution is 2.52. The number of carbonyl (C=O) groups excluding carboxylic acids is 7. The van der Waals surface area contributed by atoms with Gasteiger partial charge in [-0.2, -0.15) is 0 Å². The Bertz CT molecular complexity index is 6780. The summed E-state index contributed by atoms with van der Waals surface area (Å²) in [7, 11) is 16.8. The third kappa shape index (κ3) is 25.8. The molecule has 17 rings (SSSR count). The van der Waals surface area contributed by atoms with Crippen molar-refractivity contribution in [2.45, 2.75) is 93.3 Å². The van der Waals surface area contributed by atoms with Crippen LogP contribution in [0.5, 0.6) is 46.0 Å². The van der Waals surface area contributed by atoms with Crippen molar-refractivity contribution in [3.05, 3.63) is 213 Å². The lowest BCUT2D eigenvalue weighted by Crippen LogP contribution is -2.53. The Kier molecular flexibility index (Phi) is 36.9. The van der Waals surface area contributed by atoms with Gasteiger partial charge in [0.15, 0.2) is 0 Å². The van der Waals surface area contributed by atoms with Crippen molar-refractivity contribution in [2.24, 2.45) is 17.8 Å². The van der Waals surface area contributed by atoms with E-state index in [0.717, 1.165) is 56.6 Å². The molecule has 8 N–H and O–H groups in total. The Hall–Kier alpha value is -13.7. The zero-order chi connectivity index (χ0) is 108. The molecule has 7 amide bonds. The van der Waals surface area contributed by atoms with Crippen molar-refractivity contribution in [2.75, 3.05) is 131 Å². The predicted octanol–water partition coefficient (Wildman–Crippen LogP) is 17.7. The molecule has 2 saturated heterocycles. The summed E-state index contributed by atoms with van der Waals surface area (Å²) in [5.41, 5.74) is 8.09. The highest BCUT2D eigenvalue weighted by molar-refractivity contribution is 8.00. The lowest BCUT2D eigenvalue weighted by molar-refractivity contribution is -0.133. The molecule has 2 aliphatic heterocycles. The van der Waals surface area contributed by atoms with Crippen molar-refractivity contribution < 1.29 is 75.7 Å². The number of fused-ring (bicyclic) bond motifs is 4. The van der Waals surface area contributed by atoms with Crippen molar-refractivity contribution >= 4 is 217 Å². The van der Waals surface area contributed by atoms with Crippen LogP contribution in [0.2, 0.25) is 40.2 Å². The molecule has 0 radical (unpaired) electrons. The van der Waals surface area contributed by atoms with Gasteiger partial charge in [-0.15, -0.1) is 0 Å². The summed E-state index contributed by atoms with van der Waals surface area (Å²) in [4.78, 5) is 127. The van der Waals surface area contributed by atoms with E-state index >= 15 is 0 Å². The Morgan fingerprint density at radius 1 is 0.347 bits per heavy atom. The Morgan fingerprint density at radius 2 is 0.600 bits per heavy atom. The quantitative estimate of drug-likeness (QED) is 0.0148. The molecule has 12 aromatic rings. The van der Waals surface area contributed by atoms with E-state index in [2.05, 4.69) is 115 Å². The molecule has 4 aromatic heterocycles. The van der Waals surface area contributed by atoms with E-state index in [-0.39, 0.29) is 107 Å². The molecule has 6 heterocycles. The first-order chi connectivity index (χ1) is 71.8. The van der Waals surface area contributed by atoms with E-state index in [9.17, 15) is 37.8 Å². The molecule has 5 fully saturated rings. The SMILES string of the molecule is C=CC(=O)N[C@H]1CCS(=C)(=O)C[C@H]1Nc1ncc2cc(-c3c(Cl)c(OC)cc(OC)c3Cl)ccc2n1.C=CC(=O)N[C@H]1CN(C(=O)C2CC2)C[C@H]1Nc1ncc2cc(-c3c(Cl)c(OC)cc(OC)c3Cl)ccc2n1.C=CC(=O)N[C@H]1C[C@@H](C(=O)N(C)C)C[C@H]1Nc1ncc2cc(-c3c(Cl)c(OC)cc(OC)c3Cl)ccc2n1.C=CC(=O)N[C@H]1C[C@H](C(=O)N(C)C)C[C@H]1Nc1ncc2cc(-c3c(Cl)c(OC)cc(OC)c3Cl)ccc2n1. The summed E-state index contributed by atoms with van der Waals surface area (Å²) in [5.74, 6) is 8.33. The van der Waals surface area contributed by atoms with Crippen LogP contribution in [0.25, 0.3) is 88.1 Å². The fourth-order valence-corrected chi connectivity index (χ4v) is 23.0. The zero-order valence-electron chi connectivity index (χ0n) is 83.9. The average Bonchev–Trinajstić information content (AvgIpc) is 1.02. The number of aromatic nitrogens is 8. The van der Waals surface area contributed by atoms with Gasteiger partial charge >= 0.3 is 0 Å². The van der Waals surface area contributed by atoms with Crippen LogP contribution in [0.3, 0.4) is 0 Å². The van der Waals surface area contributed by atoms with Crippen molar-refractivity contribution in [3.63, 3.8) is 0 Å². The topological polar surface area (TPSA) is 419 Å². The smallest absolute Gasteiger partial charge is 0.243 e. The second kappa shape index (κ2) is 49.4. The number of halogens is 8. The summed E-state index contributed by atoms with van der Waals surface area (Å²) in [6, 6.07) is 26.8. The van der Waals surface area contributed by atoms with Crippen LogP contribution in [0.1, 0.15) is 44.9 Å². The number of carbonyl (C=O) groups is 7. The Balaban J connectivity index is 0.000000157. The van der Waals surface area contributed by atoms with Crippen molar-refractivity contribution in [1.29, 1.82) is 0 Å². The largest absolute Gasteiger partial charge is 0.495 e. The molecule has 3 saturated carbocycles. The summed E-state index contributed by atoms with van der Waals surface area (Å²) < 4.78 is 55.8. The molecule has 8 aromatic carbocycles. The number of ether oxygens (including phenoxy) is 8. The third-order valence-electron chi connectivity index (χ3n) is 26.1. The van der Waals surface area contributed by atoms with Crippen LogP contribution in [0.4, 0.5) is 23.8 Å². The molecule has 44 heteroatoms. The summed E-state index contributed by atoms with van der Waals surface area (Å²) in [5, 5.41) is 30.9. The maximum Gasteiger partial charge on any atom is 0.243 e. The van der Waals surface area contributed by atoms with Crippen LogP contribution in [-0.4, -0.2) is 264 Å². The van der Waals surface area contributed by atoms with E-state index in [0.29, 0.717) is 211 Å². The normalized spacial score (nSPS) is 19.4. The van der Waals surface area contributed by atoms with Gasteiger partial charge in [0, 0.05) is 163 Å². The first kappa shape index (κ1) is 112. The minimum absolute atomic E-state index is 0.0191. The molecule has 5 aliphatic rings. The second-order valence-electron chi connectivity index (χ2n) is 36.2. The fraction of sp³-hybridized carbons (Fsp3) is 0.321. The van der Waals surface area contributed by atoms with Gasteiger partial charge in [-0.25, -0.2) is 39.9 Å². The van der Waals surface area contributed by atoms with E-state index in [1.165, 1.54) is 81.2 Å². The number of nitrogens with zero attached hydrogens (tertiary/aromatic N) is 11. The van der Waals surface area contributed by atoms with Crippen LogP contribution >= 0.6 is 92.8 Å². The molecule has 3 aliphatic carbocycles. The average molecular weight is 2220 g/mol. The van der Waals surface area contributed by atoms with Crippen molar-refractivity contribution in [3.8, 4) is 90.5 Å². The molecule has 11 atom stereocenters. The molecule has 0 spiro atoms. The van der Waals surface area contributed by atoms with E-state index in [1.807, 2.05) is 72.8 Å². The molecule has 150 heavy (non-hydrogen) atoms. The van der Waals surface area contributed by atoms with Crippen LogP contribution in [0.15, 0.2) is 172 Å². The highest BCUT2D eigenvalue weighted by atomic mass is 35.5. The highest BCUT2D eigenvalue weighted by Gasteiger charge is 2.44. The minimum atomic E-state index is -2.27. The van der Waals surface area contributed by atoms with Gasteiger partial charge in [-0.3, -0.25) is 37.8 Å². The molecule has 788 valence electrons. The van der Waals surface area contributed by atoms with Gasteiger partial charge in [-0.05, 0) is 155 Å². The molecule has 0 bridgehead atoms. The van der Waals surface area contributed by atoms with E-state index < -0.39 is 9.52 Å². The standard InChI is InChI=1S/C27H27Cl2N5O4.2C27H29Cl2N5O4.C25H26Cl2N4O4S/c1-4-22(35)31-18-12-34(26(36)14-5-6-14)13-19(18)33-27-30-11-16-9-15(7-8-17(16)32-27)23-24(28)20(37-2)10-21(38-3)25(23)29;2*1-6-22(35)31-18-10-15(26(36)34(2)3)11-19(18)33-27-30-13-16-9-14(7-8-17(16)32-27)23-24(28)20(37-4)12-21(38-5)25(23)29;1-5-21(32)29-17-8-9-36(4,33)13-18(17)31-25-28-12-15-10-14(6-7-16(15)30-25)22-23(26)19(34-2)11-20(35-3)24(22)27/h4,7-11,14,18-19H,1,5-6,12-13H2,2-3H3,(H,31,35)(H,30,32,33);2*6-9,12-13,15,18-19H,1,10-11H2,2-5H3,(H,31,35)(H,30,32,33);5-7,10-12,17-18H,1,4,8-9,13H2,2-3H3,(H,29,32)(H,28,30,31)/t18-,19+;15-,18+,19-;15-,18-,19+;17-,18+,36?/m0100/s1. The maximum atomic E-state index is 12.7. The number of anilines is 4. The second-order valence-corrected chi connectivity index (χ2v) is 41.9. The number of amides is 7. The van der Waals surface area contributed by atoms with Gasteiger partial charge in [0.05, 0.1) is 167 Å². The number of nitrogens with one attached hydrogen (secondary N) is 8. The predicted molar refractivity (Wildman–Crippen MR) is 592 cm³/mol. The molecule has 35 nitrogen and oxygen atoms in total. The number of likely N-dealkylation sites (tertiary alicyclic amines) is 1. The summed E-state index contributed by atoms with van der Waals surface area (Å²) >= 11 is 52.7. The van der Waals surface area contributed by atoms with Gasteiger partial charge in [-0.1, -0.05) is 143 Å². The summed E-state index contributed by atoms with van der Waals surface area (Å²) in [6.07, 6.45) is 16.1. The van der Waals surface area contributed by atoms with Crippen molar-refractivity contribution in [1.82, 2.24) is 75.8 Å². The Labute approximate surface area is 906 Å². The van der Waals surface area contributed by atoms with Gasteiger partial charge in [0.2, 0.25) is 65.1 Å². The van der Waals surface area contributed by atoms with E-state index in [4.69, 9.17) is 131 Å². The summed E-state index contributed by atoms with van der Waals surface area (Å²) in [6.45, 7) is 15.0. The monoisotopic (exact) mass is 2220 g/mol. The number of hydrogen-bond donors (Lipinski definition) is 8. The first-order valence-corrected chi connectivity index (χ1v) is 52.2. The van der Waals surface area contributed by atoms with Gasteiger partial charge in [0.25, 0.3) is 0 Å². The Morgan fingerprint density at radius 3 is 0.867 bits per heavy atom. The minimum Gasteiger partial charge on any atom is -0.495 e. The molecular weight excluding hydrogens is 2110 g/mol. The maximum absolute atomic E-state index is 12.7. The number of benzene rings is 8. The number of rotatable bonds is 31. The molecular formula is C106H111Cl8N19O16S. The first-order valence-electron chi connectivity index (χ1n) is 47.1. The zero-order valence-corrected chi connectivity index (χ0v) is 90.8. The fourth-order valence-electron chi connectivity index (χ4n) is 18.3. The third-order valence-corrected chi connectivity index (χ3v) is 31.1. The lowest BCUT2D eigenvalue weighted by Gasteiger charge is -2.34. The number of hydrogen-bond acceptors (Lipinski definition) is 28. The van der Waals surface area contributed by atoms with Gasteiger partial charge < -0.3 is 95.1 Å². The molecule has 1 unspecified atom stereocenters. The van der Waals surface area contributed by atoms with E-state index in [1.54, 1.807) is 91.9 Å². The van der Waals surface area contributed by atoms with Gasteiger partial charge in [0.1, 0.15) is 46.0 Å². The van der Waals surface area contributed by atoms with Crippen LogP contribution in [-0.2, 0) is 43.1 Å². The number of methoxy groups -OCH3 is 8.